The first kappa shape index (κ1) is 13.7. The number of carbonyl (C=O) groups excluding carboxylic acids is 1. The van der Waals surface area contributed by atoms with Gasteiger partial charge in [0.2, 0.25) is 5.89 Å². The zero-order chi connectivity index (χ0) is 14.7. The number of nitrogen functional groups attached to an aromatic ring is 1. The smallest absolute Gasteiger partial charge is 0.273 e. The summed E-state index contributed by atoms with van der Waals surface area (Å²) in [6, 6.07) is 0. The van der Waals surface area contributed by atoms with E-state index < -0.39 is 0 Å². The van der Waals surface area contributed by atoms with Crippen molar-refractivity contribution >= 4 is 11.7 Å². The zero-order valence-electron chi connectivity index (χ0n) is 11.8. The van der Waals surface area contributed by atoms with E-state index in [1.165, 1.54) is 44.7 Å². The van der Waals surface area contributed by atoms with Crippen LogP contribution in [0.2, 0.25) is 0 Å². The third-order valence-electron chi connectivity index (χ3n) is 3.90. The fourth-order valence-corrected chi connectivity index (χ4v) is 2.69. The highest BCUT2D eigenvalue weighted by atomic mass is 16.3. The molecule has 1 aliphatic carbocycles. The van der Waals surface area contributed by atoms with Crippen LogP contribution >= 0.6 is 0 Å². The predicted molar refractivity (Wildman–Crippen MR) is 77.4 cm³/mol. The van der Waals surface area contributed by atoms with Crippen LogP contribution < -0.4 is 11.1 Å². The molecule has 1 aliphatic rings. The third kappa shape index (κ3) is 3.07. The van der Waals surface area contributed by atoms with Crippen molar-refractivity contribution in [2.24, 2.45) is 5.92 Å². The van der Waals surface area contributed by atoms with Crippen molar-refractivity contribution in [3.05, 3.63) is 18.3 Å². The van der Waals surface area contributed by atoms with Crippen molar-refractivity contribution < 1.29 is 9.21 Å². The Morgan fingerprint density at radius 2 is 2.24 bits per heavy atom. The number of oxazole rings is 1. The van der Waals surface area contributed by atoms with Gasteiger partial charge in [0.25, 0.3) is 5.91 Å². The minimum absolute atomic E-state index is 0.214. The highest BCUT2D eigenvalue weighted by molar-refractivity contribution is 5.92. The second-order valence-electron chi connectivity index (χ2n) is 5.41. The number of nitrogens with zero attached hydrogens (tertiary/aromatic N) is 2. The van der Waals surface area contributed by atoms with E-state index in [9.17, 15) is 4.79 Å². The van der Waals surface area contributed by atoms with Gasteiger partial charge in [-0.1, -0.05) is 19.3 Å². The minimum atomic E-state index is -0.214. The Morgan fingerprint density at radius 1 is 1.43 bits per heavy atom. The number of amides is 1. The van der Waals surface area contributed by atoms with Gasteiger partial charge in [-0.05, 0) is 18.8 Å². The number of H-pyrrole nitrogens is 1. The summed E-state index contributed by atoms with van der Waals surface area (Å²) in [5.41, 5.74) is 6.42. The van der Waals surface area contributed by atoms with Gasteiger partial charge >= 0.3 is 0 Å². The van der Waals surface area contributed by atoms with Crippen LogP contribution in [-0.2, 0) is 0 Å². The summed E-state index contributed by atoms with van der Waals surface area (Å²) in [5, 5.41) is 2.92. The quantitative estimate of drug-likeness (QED) is 0.797. The maximum atomic E-state index is 12.1. The lowest BCUT2D eigenvalue weighted by Gasteiger charge is -2.21. The molecule has 0 spiro atoms. The van der Waals surface area contributed by atoms with E-state index in [0.29, 0.717) is 24.0 Å². The number of aromatic amines is 1. The molecule has 0 unspecified atom stereocenters. The molecule has 1 amide bonds. The minimum Gasteiger partial charge on any atom is -0.442 e. The Bertz CT molecular complexity index is 612. The van der Waals surface area contributed by atoms with E-state index in [1.54, 1.807) is 0 Å². The van der Waals surface area contributed by atoms with Crippen molar-refractivity contribution in [1.82, 2.24) is 20.3 Å². The zero-order valence-corrected chi connectivity index (χ0v) is 11.8. The van der Waals surface area contributed by atoms with Crippen LogP contribution in [0.25, 0.3) is 11.6 Å². The van der Waals surface area contributed by atoms with Gasteiger partial charge in [0.15, 0.2) is 11.5 Å². The van der Waals surface area contributed by atoms with Crippen LogP contribution in [0.1, 0.15) is 42.6 Å². The SMILES string of the molecule is Nc1nc[nH]c1-c1nc(C(=O)NCC2CCCCC2)co1. The molecule has 112 valence electrons. The van der Waals surface area contributed by atoms with E-state index in [1.807, 2.05) is 0 Å². The van der Waals surface area contributed by atoms with Gasteiger partial charge in [0.05, 0.1) is 6.33 Å². The largest absolute Gasteiger partial charge is 0.442 e. The Morgan fingerprint density at radius 3 is 2.95 bits per heavy atom. The lowest BCUT2D eigenvalue weighted by atomic mass is 9.89. The molecule has 0 aromatic carbocycles. The normalized spacial score (nSPS) is 16.0. The van der Waals surface area contributed by atoms with Gasteiger partial charge in [0, 0.05) is 6.54 Å². The maximum Gasteiger partial charge on any atom is 0.273 e. The van der Waals surface area contributed by atoms with Crippen LogP contribution in [0.15, 0.2) is 17.0 Å². The molecule has 3 rings (SSSR count). The molecule has 21 heavy (non-hydrogen) atoms. The van der Waals surface area contributed by atoms with Crippen molar-refractivity contribution in [1.29, 1.82) is 0 Å². The molecule has 7 heteroatoms. The highest BCUT2D eigenvalue weighted by Crippen LogP contribution is 2.23. The third-order valence-corrected chi connectivity index (χ3v) is 3.90. The average Bonchev–Trinajstić information content (AvgIpc) is 3.14. The maximum absolute atomic E-state index is 12.1. The Hall–Kier alpha value is -2.31. The van der Waals surface area contributed by atoms with Gasteiger partial charge in [-0.2, -0.15) is 0 Å². The molecule has 2 aromatic heterocycles. The number of carbonyl (C=O) groups is 1. The molecule has 0 atom stereocenters. The number of aromatic nitrogens is 3. The van der Waals surface area contributed by atoms with Gasteiger partial charge < -0.3 is 20.5 Å². The molecule has 7 nitrogen and oxygen atoms in total. The molecule has 2 aromatic rings. The summed E-state index contributed by atoms with van der Waals surface area (Å²) in [4.78, 5) is 22.9. The van der Waals surface area contributed by atoms with E-state index in [-0.39, 0.29) is 17.5 Å². The summed E-state index contributed by atoms with van der Waals surface area (Å²) in [6.45, 7) is 0.702. The Kier molecular flexibility index (Phi) is 3.89. The van der Waals surface area contributed by atoms with Gasteiger partial charge in [0.1, 0.15) is 12.0 Å². The van der Waals surface area contributed by atoms with Crippen LogP contribution in [-0.4, -0.2) is 27.4 Å². The summed E-state index contributed by atoms with van der Waals surface area (Å²) < 4.78 is 5.28. The first-order chi connectivity index (χ1) is 10.2. The summed E-state index contributed by atoms with van der Waals surface area (Å²) in [5.74, 6) is 0.935. The van der Waals surface area contributed by atoms with Crippen molar-refractivity contribution in [3.63, 3.8) is 0 Å². The van der Waals surface area contributed by atoms with Crippen molar-refractivity contribution in [3.8, 4) is 11.6 Å². The summed E-state index contributed by atoms with van der Waals surface area (Å²) >= 11 is 0. The van der Waals surface area contributed by atoms with E-state index >= 15 is 0 Å². The molecule has 0 saturated heterocycles. The summed E-state index contributed by atoms with van der Waals surface area (Å²) in [6.07, 6.45) is 9.00. The van der Waals surface area contributed by atoms with E-state index in [0.717, 1.165) is 0 Å². The highest BCUT2D eigenvalue weighted by Gasteiger charge is 2.18. The van der Waals surface area contributed by atoms with E-state index in [4.69, 9.17) is 10.2 Å². The van der Waals surface area contributed by atoms with Crippen LogP contribution in [0, 0.1) is 5.92 Å². The molecular formula is C14H19N5O2. The van der Waals surface area contributed by atoms with Gasteiger partial charge in [-0.3, -0.25) is 4.79 Å². The van der Waals surface area contributed by atoms with Gasteiger partial charge in [-0.15, -0.1) is 0 Å². The fraction of sp³-hybridized carbons (Fsp3) is 0.500. The topological polar surface area (TPSA) is 110 Å². The predicted octanol–water partition coefficient (Wildman–Crippen LogP) is 1.96. The average molecular weight is 289 g/mol. The monoisotopic (exact) mass is 289 g/mol. The fourth-order valence-electron chi connectivity index (χ4n) is 2.69. The number of imidazole rings is 1. The molecule has 2 heterocycles. The standard InChI is InChI=1S/C14H19N5O2/c15-12-11(17-8-18-12)14-19-10(7-21-14)13(20)16-6-9-4-2-1-3-5-9/h7-9H,1-6,15H2,(H,16,20)(H,17,18). The number of hydrogen-bond acceptors (Lipinski definition) is 5. The number of anilines is 1. The van der Waals surface area contributed by atoms with E-state index in [2.05, 4.69) is 20.3 Å². The number of nitrogens with one attached hydrogen (secondary N) is 2. The summed E-state index contributed by atoms with van der Waals surface area (Å²) in [7, 11) is 0. The second-order valence-corrected chi connectivity index (χ2v) is 5.41. The first-order valence-electron chi connectivity index (χ1n) is 7.27. The molecule has 0 aliphatic heterocycles. The van der Waals surface area contributed by atoms with Crippen LogP contribution in [0.3, 0.4) is 0 Å². The van der Waals surface area contributed by atoms with Gasteiger partial charge in [-0.25, -0.2) is 9.97 Å². The van der Waals surface area contributed by atoms with Crippen molar-refractivity contribution in [2.75, 3.05) is 12.3 Å². The molecule has 1 fully saturated rings. The number of nitrogens with two attached hydrogens (primary N) is 1. The molecule has 0 radical (unpaired) electrons. The molecule has 0 bridgehead atoms. The number of hydrogen-bond donors (Lipinski definition) is 3. The Balaban J connectivity index is 1.60. The van der Waals surface area contributed by atoms with Crippen LogP contribution in [0.5, 0.6) is 0 Å². The molecule has 4 N–H and O–H groups in total. The van der Waals surface area contributed by atoms with Crippen molar-refractivity contribution in [2.45, 2.75) is 32.1 Å². The second kappa shape index (κ2) is 5.99. The van der Waals surface area contributed by atoms with Crippen LogP contribution in [0.4, 0.5) is 5.82 Å². The first-order valence-corrected chi connectivity index (χ1v) is 7.27. The lowest BCUT2D eigenvalue weighted by Crippen LogP contribution is -2.30. The Labute approximate surface area is 122 Å². The molecule has 1 saturated carbocycles. The molecular weight excluding hydrogens is 270 g/mol. The lowest BCUT2D eigenvalue weighted by molar-refractivity contribution is 0.0938. The number of rotatable bonds is 4.